The van der Waals surface area contributed by atoms with Gasteiger partial charge in [-0.05, 0) is 24.8 Å². The van der Waals surface area contributed by atoms with Crippen molar-refractivity contribution in [2.45, 2.75) is 13.3 Å². The molecule has 1 aromatic rings. The molecule has 2 heterocycles. The average Bonchev–Trinajstić information content (AvgIpc) is 3.05. The number of ether oxygens (including phenoxy) is 1. The van der Waals surface area contributed by atoms with Gasteiger partial charge in [0.15, 0.2) is 0 Å². The van der Waals surface area contributed by atoms with Crippen LogP contribution in [0, 0.1) is 5.41 Å². The number of hydrogen-bond acceptors (Lipinski definition) is 5. The van der Waals surface area contributed by atoms with Gasteiger partial charge in [0.25, 0.3) is 0 Å². The van der Waals surface area contributed by atoms with Gasteiger partial charge in [-0.2, -0.15) is 0 Å². The van der Waals surface area contributed by atoms with Crippen molar-refractivity contribution in [1.82, 2.24) is 4.90 Å². The van der Waals surface area contributed by atoms with Gasteiger partial charge in [-0.1, -0.05) is 0 Å². The molecule has 2 N–H and O–H groups in total. The molecule has 1 aliphatic heterocycles. The normalized spacial score (nSPS) is 21.1. The van der Waals surface area contributed by atoms with Gasteiger partial charge in [0.05, 0.1) is 18.2 Å². The Labute approximate surface area is 125 Å². The number of carboxylic acids is 1. The molecule has 1 unspecified atom stereocenters. The number of thiophene rings is 1. The van der Waals surface area contributed by atoms with Crippen LogP contribution in [-0.4, -0.2) is 48.2 Å². The van der Waals surface area contributed by atoms with Gasteiger partial charge >= 0.3 is 18.0 Å². The van der Waals surface area contributed by atoms with Gasteiger partial charge < -0.3 is 20.1 Å². The number of hydrogen-bond donors (Lipinski definition) is 2. The molecule has 21 heavy (non-hydrogen) atoms. The Kier molecular flexibility index (Phi) is 4.17. The Balaban J connectivity index is 2.05. The molecule has 1 aromatic heterocycles. The number of urea groups is 1. The second-order valence-electron chi connectivity index (χ2n) is 5.12. The standard InChI is InChI=1S/C13H16N2O5S/c1-13(11(17)18)4-5-15(7-13)12(19)14-8-3-6-21-9(8)10(16)20-2/h3,6H,4-5,7H2,1-2H3,(H,14,19)(H,17,18). The zero-order chi connectivity index (χ0) is 15.6. The van der Waals surface area contributed by atoms with E-state index in [1.807, 2.05) is 0 Å². The zero-order valence-electron chi connectivity index (χ0n) is 11.7. The highest BCUT2D eigenvalue weighted by Gasteiger charge is 2.42. The summed E-state index contributed by atoms with van der Waals surface area (Å²) in [5, 5.41) is 13.5. The van der Waals surface area contributed by atoms with Gasteiger partial charge in [0, 0.05) is 13.1 Å². The second-order valence-corrected chi connectivity index (χ2v) is 6.04. The first-order valence-corrected chi connectivity index (χ1v) is 7.20. The highest BCUT2D eigenvalue weighted by atomic mass is 32.1. The monoisotopic (exact) mass is 312 g/mol. The fourth-order valence-corrected chi connectivity index (χ4v) is 2.93. The van der Waals surface area contributed by atoms with Crippen molar-refractivity contribution in [3.63, 3.8) is 0 Å². The lowest BCUT2D eigenvalue weighted by Crippen LogP contribution is -2.37. The van der Waals surface area contributed by atoms with Crippen LogP contribution in [0.1, 0.15) is 23.0 Å². The summed E-state index contributed by atoms with van der Waals surface area (Å²) in [5.74, 6) is -1.43. The van der Waals surface area contributed by atoms with E-state index in [9.17, 15) is 14.4 Å². The molecule has 0 saturated carbocycles. The summed E-state index contributed by atoms with van der Waals surface area (Å²) in [6, 6.07) is 1.20. The van der Waals surface area contributed by atoms with E-state index in [-0.39, 0.29) is 6.54 Å². The van der Waals surface area contributed by atoms with E-state index in [2.05, 4.69) is 10.1 Å². The molecule has 1 aliphatic rings. The van der Waals surface area contributed by atoms with Crippen LogP contribution in [0.4, 0.5) is 10.5 Å². The van der Waals surface area contributed by atoms with E-state index >= 15 is 0 Å². The second kappa shape index (κ2) is 5.72. The number of aliphatic carboxylic acids is 1. The maximum Gasteiger partial charge on any atom is 0.350 e. The molecule has 1 saturated heterocycles. The van der Waals surface area contributed by atoms with Crippen LogP contribution in [-0.2, 0) is 9.53 Å². The summed E-state index contributed by atoms with van der Waals surface area (Å²) in [6.07, 6.45) is 0.406. The quantitative estimate of drug-likeness (QED) is 0.831. The molecule has 1 fully saturated rings. The third kappa shape index (κ3) is 2.99. The molecule has 7 nitrogen and oxygen atoms in total. The number of amides is 2. The molecule has 1 atom stereocenters. The zero-order valence-corrected chi connectivity index (χ0v) is 12.5. The van der Waals surface area contributed by atoms with Crippen molar-refractivity contribution < 1.29 is 24.2 Å². The number of rotatable bonds is 3. The molecule has 0 aliphatic carbocycles. The maximum absolute atomic E-state index is 12.2. The first-order chi connectivity index (χ1) is 9.87. The average molecular weight is 312 g/mol. The SMILES string of the molecule is COC(=O)c1sccc1NC(=O)N1CCC(C)(C(=O)O)C1. The number of likely N-dealkylation sites (tertiary alicyclic amines) is 1. The van der Waals surface area contributed by atoms with E-state index in [4.69, 9.17) is 5.11 Å². The van der Waals surface area contributed by atoms with Crippen LogP contribution in [0.2, 0.25) is 0 Å². The van der Waals surface area contributed by atoms with E-state index in [0.717, 1.165) is 0 Å². The van der Waals surface area contributed by atoms with E-state index in [1.165, 1.54) is 23.3 Å². The predicted octanol–water partition coefficient (Wildman–Crippen LogP) is 1.86. The molecular formula is C13H16N2O5S. The number of nitrogens with one attached hydrogen (secondary N) is 1. The first kappa shape index (κ1) is 15.3. The van der Waals surface area contributed by atoms with Crippen LogP contribution in [0.15, 0.2) is 11.4 Å². The molecule has 8 heteroatoms. The van der Waals surface area contributed by atoms with Crippen LogP contribution < -0.4 is 5.32 Å². The molecule has 0 spiro atoms. The first-order valence-electron chi connectivity index (χ1n) is 6.32. The fraction of sp³-hybridized carbons (Fsp3) is 0.462. The smallest absolute Gasteiger partial charge is 0.350 e. The Bertz CT molecular complexity index is 585. The Morgan fingerprint density at radius 3 is 2.76 bits per heavy atom. The van der Waals surface area contributed by atoms with Crippen molar-refractivity contribution in [1.29, 1.82) is 0 Å². The summed E-state index contributed by atoms with van der Waals surface area (Å²) in [5.41, 5.74) is -0.544. The minimum absolute atomic E-state index is 0.145. The van der Waals surface area contributed by atoms with Gasteiger partial charge in [0.1, 0.15) is 4.88 Å². The lowest BCUT2D eigenvalue weighted by molar-refractivity contribution is -0.146. The topological polar surface area (TPSA) is 95.9 Å². The highest BCUT2D eigenvalue weighted by Crippen LogP contribution is 2.31. The van der Waals surface area contributed by atoms with Gasteiger partial charge in [-0.3, -0.25) is 4.79 Å². The molecule has 114 valence electrons. The summed E-state index contributed by atoms with van der Waals surface area (Å²) >= 11 is 1.17. The van der Waals surface area contributed by atoms with Crippen molar-refractivity contribution >= 4 is 35.0 Å². The van der Waals surface area contributed by atoms with Crippen LogP contribution in [0.25, 0.3) is 0 Å². The van der Waals surface area contributed by atoms with Crippen molar-refractivity contribution in [2.24, 2.45) is 5.41 Å². The number of nitrogens with zero attached hydrogens (tertiary/aromatic N) is 1. The Morgan fingerprint density at radius 1 is 1.48 bits per heavy atom. The largest absolute Gasteiger partial charge is 0.481 e. The van der Waals surface area contributed by atoms with Gasteiger partial charge in [-0.15, -0.1) is 11.3 Å². The van der Waals surface area contributed by atoms with E-state index in [1.54, 1.807) is 18.4 Å². The summed E-state index contributed by atoms with van der Waals surface area (Å²) in [7, 11) is 1.27. The van der Waals surface area contributed by atoms with Crippen LogP contribution >= 0.6 is 11.3 Å². The number of carbonyl (C=O) groups is 3. The maximum atomic E-state index is 12.2. The molecular weight excluding hydrogens is 296 g/mol. The molecule has 0 radical (unpaired) electrons. The van der Waals surface area contributed by atoms with Gasteiger partial charge in [0.2, 0.25) is 0 Å². The highest BCUT2D eigenvalue weighted by molar-refractivity contribution is 7.12. The number of methoxy groups -OCH3 is 1. The lowest BCUT2D eigenvalue weighted by Gasteiger charge is -2.20. The van der Waals surface area contributed by atoms with Crippen LogP contribution in [0.5, 0.6) is 0 Å². The number of esters is 1. The Morgan fingerprint density at radius 2 is 2.19 bits per heavy atom. The molecule has 2 rings (SSSR count). The summed E-state index contributed by atoms with van der Waals surface area (Å²) < 4.78 is 4.64. The molecule has 2 amide bonds. The van der Waals surface area contributed by atoms with Crippen molar-refractivity contribution in [3.05, 3.63) is 16.3 Å². The van der Waals surface area contributed by atoms with Crippen molar-refractivity contribution in [3.8, 4) is 0 Å². The third-order valence-electron chi connectivity index (χ3n) is 3.55. The number of anilines is 1. The van der Waals surface area contributed by atoms with E-state index in [0.29, 0.717) is 23.5 Å². The predicted molar refractivity (Wildman–Crippen MR) is 76.6 cm³/mol. The lowest BCUT2D eigenvalue weighted by atomic mass is 9.90. The number of carbonyl (C=O) groups excluding carboxylic acids is 2. The van der Waals surface area contributed by atoms with E-state index < -0.39 is 23.4 Å². The Hall–Kier alpha value is -2.09. The fourth-order valence-electron chi connectivity index (χ4n) is 2.16. The number of carboxylic acid groups (broad SMARTS) is 1. The summed E-state index contributed by atoms with van der Waals surface area (Å²) in [6.45, 7) is 2.13. The minimum atomic E-state index is -0.919. The molecule has 0 bridgehead atoms. The van der Waals surface area contributed by atoms with Crippen molar-refractivity contribution in [2.75, 3.05) is 25.5 Å². The van der Waals surface area contributed by atoms with Crippen LogP contribution in [0.3, 0.4) is 0 Å². The molecule has 0 aromatic carbocycles. The van der Waals surface area contributed by atoms with Gasteiger partial charge in [-0.25, -0.2) is 9.59 Å². The summed E-state index contributed by atoms with van der Waals surface area (Å²) in [4.78, 5) is 36.6. The third-order valence-corrected chi connectivity index (χ3v) is 4.45. The minimum Gasteiger partial charge on any atom is -0.481 e.